The molecular formula is C10H16. The molecule has 0 N–H and O–H groups in total. The van der Waals surface area contributed by atoms with Crippen molar-refractivity contribution in [1.29, 1.82) is 0 Å². The van der Waals surface area contributed by atoms with Crippen molar-refractivity contribution in [2.24, 2.45) is 10.8 Å². The molecule has 10 heavy (non-hydrogen) atoms. The molecule has 0 aromatic rings. The van der Waals surface area contributed by atoms with Crippen LogP contribution in [0.2, 0.25) is 0 Å². The number of hydrogen-bond donors (Lipinski definition) is 0. The molecule has 1 aliphatic rings. The van der Waals surface area contributed by atoms with Crippen LogP contribution in [0.5, 0.6) is 0 Å². The van der Waals surface area contributed by atoms with Crippen molar-refractivity contribution in [3.63, 3.8) is 0 Å². The van der Waals surface area contributed by atoms with E-state index in [0.717, 1.165) is 0 Å². The van der Waals surface area contributed by atoms with Crippen LogP contribution in [0.15, 0.2) is 24.3 Å². The third kappa shape index (κ3) is 0.570. The Kier molecular flexibility index (Phi) is 1.18. The molecule has 0 heteroatoms. The molecular weight excluding hydrogens is 120 g/mol. The Hall–Kier alpha value is -0.520. The second-order valence-corrected chi connectivity index (χ2v) is 4.21. The van der Waals surface area contributed by atoms with Gasteiger partial charge in [0.05, 0.1) is 0 Å². The lowest BCUT2D eigenvalue weighted by Crippen LogP contribution is -2.44. The van der Waals surface area contributed by atoms with Crippen molar-refractivity contribution in [2.75, 3.05) is 0 Å². The van der Waals surface area contributed by atoms with Gasteiger partial charge in [0.15, 0.2) is 0 Å². The first-order valence-corrected chi connectivity index (χ1v) is 3.71. The van der Waals surface area contributed by atoms with E-state index >= 15 is 0 Å². The fourth-order valence-electron chi connectivity index (χ4n) is 1.86. The van der Waals surface area contributed by atoms with Crippen LogP contribution >= 0.6 is 0 Å². The van der Waals surface area contributed by atoms with Crippen LogP contribution in [-0.2, 0) is 0 Å². The smallest absolute Gasteiger partial charge is 0.00757 e. The highest BCUT2D eigenvalue weighted by Gasteiger charge is 2.50. The van der Waals surface area contributed by atoms with E-state index in [4.69, 9.17) is 0 Å². The molecule has 0 aromatic heterocycles. The van der Waals surface area contributed by atoms with Crippen LogP contribution in [0.25, 0.3) is 0 Å². The second kappa shape index (κ2) is 1.55. The zero-order chi connectivity index (χ0) is 8.15. The molecule has 0 atom stereocenters. The molecule has 0 bridgehead atoms. The van der Waals surface area contributed by atoms with E-state index in [9.17, 15) is 0 Å². The van der Waals surface area contributed by atoms with Crippen molar-refractivity contribution in [2.45, 2.75) is 27.7 Å². The highest BCUT2D eigenvalue weighted by molar-refractivity contribution is 5.47. The minimum Gasteiger partial charge on any atom is -0.0981 e. The molecule has 0 nitrogen and oxygen atoms in total. The summed E-state index contributed by atoms with van der Waals surface area (Å²) in [6.45, 7) is 16.8. The molecule has 1 rings (SSSR count). The summed E-state index contributed by atoms with van der Waals surface area (Å²) in [5.41, 5.74) is 2.99. The van der Waals surface area contributed by atoms with Crippen LogP contribution in [0, 0.1) is 10.8 Å². The van der Waals surface area contributed by atoms with Gasteiger partial charge >= 0.3 is 0 Å². The third-order valence-corrected chi connectivity index (χ3v) is 3.02. The Morgan fingerprint density at radius 2 is 1.00 bits per heavy atom. The van der Waals surface area contributed by atoms with Crippen molar-refractivity contribution in [3.05, 3.63) is 24.3 Å². The molecule has 0 unspecified atom stereocenters. The molecule has 0 amide bonds. The van der Waals surface area contributed by atoms with Crippen LogP contribution in [-0.4, -0.2) is 0 Å². The SMILES string of the molecule is C=C1C(C)(C)C(=C)C1(C)C. The van der Waals surface area contributed by atoms with Gasteiger partial charge < -0.3 is 0 Å². The summed E-state index contributed by atoms with van der Waals surface area (Å²) in [7, 11) is 0. The molecule has 0 spiro atoms. The summed E-state index contributed by atoms with van der Waals surface area (Å²) < 4.78 is 0. The van der Waals surface area contributed by atoms with Gasteiger partial charge in [-0.15, -0.1) is 0 Å². The average Bonchev–Trinajstić information content (AvgIpc) is 1.84. The second-order valence-electron chi connectivity index (χ2n) is 4.21. The molecule has 56 valence electrons. The topological polar surface area (TPSA) is 0 Å². The van der Waals surface area contributed by atoms with Crippen molar-refractivity contribution >= 4 is 0 Å². The number of allylic oxidation sites excluding steroid dienone is 2. The summed E-state index contributed by atoms with van der Waals surface area (Å²) in [6.07, 6.45) is 0. The quantitative estimate of drug-likeness (QED) is 0.449. The molecule has 0 radical (unpaired) electrons. The largest absolute Gasteiger partial charge is 0.0981 e. The van der Waals surface area contributed by atoms with Crippen molar-refractivity contribution in [1.82, 2.24) is 0 Å². The highest BCUT2D eigenvalue weighted by atomic mass is 14.5. The maximum atomic E-state index is 4.06. The first kappa shape index (κ1) is 7.59. The third-order valence-electron chi connectivity index (χ3n) is 3.02. The lowest BCUT2D eigenvalue weighted by atomic mass is 9.49. The van der Waals surface area contributed by atoms with Crippen LogP contribution in [0.4, 0.5) is 0 Å². The summed E-state index contributed by atoms with van der Waals surface area (Å²) in [5.74, 6) is 0. The minimum atomic E-state index is 0.184. The lowest BCUT2D eigenvalue weighted by Gasteiger charge is -2.54. The van der Waals surface area contributed by atoms with Gasteiger partial charge in [0.1, 0.15) is 0 Å². The van der Waals surface area contributed by atoms with Crippen LogP contribution < -0.4 is 0 Å². The van der Waals surface area contributed by atoms with Crippen LogP contribution in [0.1, 0.15) is 27.7 Å². The maximum Gasteiger partial charge on any atom is 0.00757 e. The van der Waals surface area contributed by atoms with Gasteiger partial charge in [-0.2, -0.15) is 0 Å². The molecule has 1 fully saturated rings. The van der Waals surface area contributed by atoms with Gasteiger partial charge in [-0.05, 0) is 0 Å². The van der Waals surface area contributed by atoms with Crippen LogP contribution in [0.3, 0.4) is 0 Å². The van der Waals surface area contributed by atoms with E-state index in [1.807, 2.05) is 0 Å². The Morgan fingerprint density at radius 3 is 1.10 bits per heavy atom. The van der Waals surface area contributed by atoms with Gasteiger partial charge in [-0.3, -0.25) is 0 Å². The zero-order valence-electron chi connectivity index (χ0n) is 7.41. The van der Waals surface area contributed by atoms with Crippen molar-refractivity contribution < 1.29 is 0 Å². The van der Waals surface area contributed by atoms with Gasteiger partial charge in [0.25, 0.3) is 0 Å². The lowest BCUT2D eigenvalue weighted by molar-refractivity contribution is 0.257. The standard InChI is InChI=1S/C10H16/c1-7-9(3,4)8(2)10(7,5)6/h1-2H2,3-6H3. The summed E-state index contributed by atoms with van der Waals surface area (Å²) in [5, 5.41) is 0. The monoisotopic (exact) mass is 136 g/mol. The van der Waals surface area contributed by atoms with Crippen molar-refractivity contribution in [3.8, 4) is 0 Å². The van der Waals surface area contributed by atoms with E-state index in [2.05, 4.69) is 40.9 Å². The molecule has 0 aromatic carbocycles. The summed E-state index contributed by atoms with van der Waals surface area (Å²) in [6, 6.07) is 0. The van der Waals surface area contributed by atoms with E-state index in [-0.39, 0.29) is 10.8 Å². The fraction of sp³-hybridized carbons (Fsp3) is 0.600. The van der Waals surface area contributed by atoms with Gasteiger partial charge in [0, 0.05) is 10.8 Å². The predicted octanol–water partition coefficient (Wildman–Crippen LogP) is 3.16. The Labute approximate surface area is 63.6 Å². The maximum absolute atomic E-state index is 4.06. The summed E-state index contributed by atoms with van der Waals surface area (Å²) in [4.78, 5) is 0. The molecule has 1 saturated carbocycles. The number of rotatable bonds is 0. The molecule has 1 aliphatic carbocycles. The molecule has 0 aliphatic heterocycles. The highest BCUT2D eigenvalue weighted by Crippen LogP contribution is 2.60. The molecule has 0 saturated heterocycles. The first-order valence-electron chi connectivity index (χ1n) is 3.71. The normalized spacial score (nSPS) is 28.0. The van der Waals surface area contributed by atoms with Gasteiger partial charge in [0.2, 0.25) is 0 Å². The van der Waals surface area contributed by atoms with E-state index < -0.39 is 0 Å². The average molecular weight is 136 g/mol. The van der Waals surface area contributed by atoms with Gasteiger partial charge in [-0.25, -0.2) is 0 Å². The zero-order valence-corrected chi connectivity index (χ0v) is 7.41. The first-order chi connectivity index (χ1) is 4.31. The Balaban J connectivity index is 3.00. The Bertz CT molecular complexity index is 164. The Morgan fingerprint density at radius 1 is 0.800 bits per heavy atom. The van der Waals surface area contributed by atoms with E-state index in [0.29, 0.717) is 0 Å². The summed E-state index contributed by atoms with van der Waals surface area (Å²) >= 11 is 0. The van der Waals surface area contributed by atoms with E-state index in [1.54, 1.807) is 0 Å². The predicted molar refractivity (Wildman–Crippen MR) is 45.8 cm³/mol. The minimum absolute atomic E-state index is 0.184. The molecule has 0 heterocycles. The fourth-order valence-corrected chi connectivity index (χ4v) is 1.86. The van der Waals surface area contributed by atoms with E-state index in [1.165, 1.54) is 11.1 Å². The van der Waals surface area contributed by atoms with Gasteiger partial charge in [-0.1, -0.05) is 52.0 Å². The number of hydrogen-bond acceptors (Lipinski definition) is 0.